The van der Waals surface area contributed by atoms with Crippen molar-refractivity contribution in [3.63, 3.8) is 0 Å². The SMILES string of the molecule is COc1ccc2c(c1)-c1nc-2nc2[nH]c(nc3nc(nc4[nH]c(n1)c1cc(OC)ccc41)-c1cc4c(cc1-3)-c1nc-4nc3[nH]c(nc4nc(nc5[nH]c(n1)c1ccc(OC)cc51)-c1ccc(OC)cc1-4)c1cc(OC)ccc31)c1cc(OC)ccc21. The van der Waals surface area contributed by atoms with Crippen LogP contribution in [0.25, 0.3) is 179 Å². The van der Waals surface area contributed by atoms with Crippen molar-refractivity contribution in [3.8, 4) is 126 Å². The molecule has 0 saturated carbocycles. The summed E-state index contributed by atoms with van der Waals surface area (Å²) in [4.78, 5) is 77.4. The fraction of sp³-hybridized carbons (Fsp3) is 0.0938. The topological polar surface area (TPSA) is 273 Å². The lowest BCUT2D eigenvalue weighted by molar-refractivity contribution is 0.415. The number of H-pyrrole nitrogens is 4. The van der Waals surface area contributed by atoms with Crippen LogP contribution in [0.15, 0.2) is 121 Å². The van der Waals surface area contributed by atoms with Crippen molar-refractivity contribution < 1.29 is 28.4 Å². The number of hydrogen-bond donors (Lipinski definition) is 4. The Balaban J connectivity index is 0.989. The molecule has 10 heterocycles. The molecule has 0 amide bonds. The molecule has 16 bridgehead atoms. The summed E-state index contributed by atoms with van der Waals surface area (Å²) >= 11 is 0. The molecule has 22 heteroatoms. The monoisotopic (exact) mass is 1130 g/mol. The zero-order valence-electron chi connectivity index (χ0n) is 46.4. The summed E-state index contributed by atoms with van der Waals surface area (Å²) in [5.41, 5.74) is 9.44. The first-order valence-electron chi connectivity index (χ1n) is 27.1. The van der Waals surface area contributed by atoms with Crippen molar-refractivity contribution in [1.29, 1.82) is 0 Å². The largest absolute Gasteiger partial charge is 0.497 e. The van der Waals surface area contributed by atoms with Gasteiger partial charge in [-0.05, 0) is 121 Å². The molecule has 17 rings (SSSR count). The van der Waals surface area contributed by atoms with E-state index in [0.29, 0.717) is 149 Å². The van der Waals surface area contributed by atoms with Gasteiger partial charge in [-0.2, -0.15) is 0 Å². The molecule has 22 nitrogen and oxygen atoms in total. The van der Waals surface area contributed by atoms with E-state index in [4.69, 9.17) is 88.2 Å². The molecule has 6 aromatic heterocycles. The average molecular weight is 1130 g/mol. The molecule has 4 aliphatic heterocycles. The number of nitrogens with one attached hydrogen (secondary N) is 4. The van der Waals surface area contributed by atoms with Crippen molar-refractivity contribution in [2.45, 2.75) is 0 Å². The maximum Gasteiger partial charge on any atom is 0.164 e. The molecule has 0 atom stereocenters. The average Bonchev–Trinajstić information content (AvgIpc) is 3.72. The minimum Gasteiger partial charge on any atom is -0.497 e. The van der Waals surface area contributed by atoms with Crippen molar-refractivity contribution in [1.82, 2.24) is 79.7 Å². The van der Waals surface area contributed by atoms with Crippen molar-refractivity contribution >= 4 is 88.3 Å². The summed E-state index contributed by atoms with van der Waals surface area (Å²) in [6.45, 7) is 0. The summed E-state index contributed by atoms with van der Waals surface area (Å²) in [6, 6.07) is 38.4. The van der Waals surface area contributed by atoms with Crippen LogP contribution in [-0.4, -0.2) is 122 Å². The zero-order chi connectivity index (χ0) is 57.6. The first kappa shape index (κ1) is 48.7. The first-order valence-corrected chi connectivity index (χ1v) is 27.1. The van der Waals surface area contributed by atoms with Crippen molar-refractivity contribution in [3.05, 3.63) is 121 Å². The Kier molecular flexibility index (Phi) is 10.4. The number of fused-ring (bicyclic) bond motifs is 40. The number of rotatable bonds is 6. The van der Waals surface area contributed by atoms with Gasteiger partial charge in [-0.3, -0.25) is 0 Å². The van der Waals surface area contributed by atoms with Crippen LogP contribution in [0, 0.1) is 0 Å². The van der Waals surface area contributed by atoms with Crippen LogP contribution in [0.2, 0.25) is 0 Å². The molecule has 7 aromatic carbocycles. The fourth-order valence-corrected chi connectivity index (χ4v) is 11.7. The van der Waals surface area contributed by atoms with Gasteiger partial charge in [-0.15, -0.1) is 0 Å². The molecule has 0 fully saturated rings. The van der Waals surface area contributed by atoms with Crippen LogP contribution in [0.4, 0.5) is 0 Å². The summed E-state index contributed by atoms with van der Waals surface area (Å²) < 4.78 is 34.5. The Morgan fingerprint density at radius 1 is 0.198 bits per heavy atom. The van der Waals surface area contributed by atoms with Crippen molar-refractivity contribution in [2.24, 2.45) is 0 Å². The van der Waals surface area contributed by atoms with Gasteiger partial charge in [0, 0.05) is 87.6 Å². The minimum absolute atomic E-state index is 0.350. The Morgan fingerprint density at radius 3 is 0.640 bits per heavy atom. The molecule has 13 aromatic rings. The molecule has 0 aliphatic carbocycles. The molecular formula is C64H42N16O6. The second-order valence-corrected chi connectivity index (χ2v) is 20.6. The van der Waals surface area contributed by atoms with Gasteiger partial charge in [-0.1, -0.05) is 0 Å². The number of aromatic nitrogens is 16. The molecule has 4 N–H and O–H groups in total. The number of ether oxygens (including phenoxy) is 6. The molecule has 0 saturated heterocycles. The highest BCUT2D eigenvalue weighted by molar-refractivity contribution is 6.10. The highest BCUT2D eigenvalue weighted by Crippen LogP contribution is 2.46. The van der Waals surface area contributed by atoms with E-state index in [0.717, 1.165) is 65.3 Å². The summed E-state index contributed by atoms with van der Waals surface area (Å²) in [7, 11) is 9.75. The highest BCUT2D eigenvalue weighted by Gasteiger charge is 2.30. The summed E-state index contributed by atoms with van der Waals surface area (Å²) in [6.07, 6.45) is 0. The minimum atomic E-state index is 0.350. The van der Waals surface area contributed by atoms with Crippen LogP contribution in [0.3, 0.4) is 0 Å². The predicted molar refractivity (Wildman–Crippen MR) is 325 cm³/mol. The number of hydrogen-bond acceptors (Lipinski definition) is 18. The van der Waals surface area contributed by atoms with Gasteiger partial charge in [0.1, 0.15) is 79.7 Å². The fourth-order valence-electron chi connectivity index (χ4n) is 11.7. The van der Waals surface area contributed by atoms with E-state index in [1.54, 1.807) is 42.7 Å². The second kappa shape index (κ2) is 18.3. The molecule has 0 spiro atoms. The standard InChI is InChI=1S/C64H42N16O6/c1-81-27-9-15-35-39(19-27)55-68-51-36-16-10-30(84-4)22-42(36)57(70-51)77-59-44-24-32(86-6)11-17-37(44)53(71-59)74-61-45-25-47-48(26-46(45)62(79-61)73-52(35)69-55)64-78-60-41-21-29(83-3)8-14-34(41)50(67-60)65-49-33-13-7-28(82-2)20-40(33)56(66-49)76-58-43-23-31(85-5)12-18-38(43)54(72-58)75-63(47)80-64/h7-26H,1-6H3,(H2,65,66,67,72,75,76,78,80)(H2,68,69,70,71,73,74,77,79). The normalized spacial score (nSPS) is 12.1. The molecule has 86 heavy (non-hydrogen) atoms. The molecule has 0 radical (unpaired) electrons. The van der Waals surface area contributed by atoms with Gasteiger partial charge in [0.25, 0.3) is 0 Å². The molecular weight excluding hydrogens is 1090 g/mol. The summed E-state index contributed by atoms with van der Waals surface area (Å²) in [5, 5.41) is 5.98. The predicted octanol–water partition coefficient (Wildman–Crippen LogP) is 12.1. The third kappa shape index (κ3) is 7.38. The third-order valence-electron chi connectivity index (χ3n) is 16.0. The molecule has 0 unspecified atom stereocenters. The number of aromatic amines is 4. The van der Waals surface area contributed by atoms with Gasteiger partial charge in [0.15, 0.2) is 46.6 Å². The molecule has 414 valence electrons. The van der Waals surface area contributed by atoms with Gasteiger partial charge < -0.3 is 48.4 Å². The Labute approximate surface area is 484 Å². The van der Waals surface area contributed by atoms with E-state index in [9.17, 15) is 0 Å². The van der Waals surface area contributed by atoms with Crippen LogP contribution in [0.5, 0.6) is 34.5 Å². The van der Waals surface area contributed by atoms with E-state index >= 15 is 0 Å². The maximum atomic E-state index is 5.79. The lowest BCUT2D eigenvalue weighted by atomic mass is 9.99. The number of methoxy groups -OCH3 is 6. The lowest BCUT2D eigenvalue weighted by Crippen LogP contribution is -1.88. The van der Waals surface area contributed by atoms with Crippen LogP contribution >= 0.6 is 0 Å². The van der Waals surface area contributed by atoms with Crippen LogP contribution in [-0.2, 0) is 0 Å². The summed E-state index contributed by atoms with van der Waals surface area (Å²) in [5.74, 6) is 6.87. The van der Waals surface area contributed by atoms with Gasteiger partial charge in [0.05, 0.1) is 42.7 Å². The Morgan fingerprint density at radius 2 is 0.395 bits per heavy atom. The van der Waals surface area contributed by atoms with Crippen LogP contribution in [0.1, 0.15) is 0 Å². The molecule has 4 aliphatic rings. The van der Waals surface area contributed by atoms with Crippen molar-refractivity contribution in [2.75, 3.05) is 42.7 Å². The van der Waals surface area contributed by atoms with Gasteiger partial charge in [0.2, 0.25) is 0 Å². The van der Waals surface area contributed by atoms with E-state index in [-0.39, 0.29) is 0 Å². The zero-order valence-corrected chi connectivity index (χ0v) is 46.4. The van der Waals surface area contributed by atoms with E-state index in [1.807, 2.05) is 121 Å². The Bertz CT molecular complexity index is 5560. The Hall–Kier alpha value is -11.9. The van der Waals surface area contributed by atoms with E-state index in [1.165, 1.54) is 0 Å². The quantitative estimate of drug-likeness (QED) is 0.120. The number of nitrogens with zero attached hydrogens (tertiary/aromatic N) is 12. The first-order chi connectivity index (χ1) is 42.2. The highest BCUT2D eigenvalue weighted by atomic mass is 16.5. The maximum absolute atomic E-state index is 5.79. The van der Waals surface area contributed by atoms with Gasteiger partial charge >= 0.3 is 0 Å². The van der Waals surface area contributed by atoms with Crippen LogP contribution < -0.4 is 28.4 Å². The lowest BCUT2D eigenvalue weighted by Gasteiger charge is -2.04. The van der Waals surface area contributed by atoms with E-state index in [2.05, 4.69) is 19.9 Å². The smallest absolute Gasteiger partial charge is 0.164 e. The third-order valence-corrected chi connectivity index (χ3v) is 16.0. The number of benzene rings is 7. The second-order valence-electron chi connectivity index (χ2n) is 20.6. The van der Waals surface area contributed by atoms with Gasteiger partial charge in [-0.25, -0.2) is 59.8 Å². The van der Waals surface area contributed by atoms with E-state index < -0.39 is 0 Å².